The van der Waals surface area contributed by atoms with E-state index in [0.717, 1.165) is 23.3 Å². The van der Waals surface area contributed by atoms with Crippen LogP contribution in [0, 0.1) is 0 Å². The van der Waals surface area contributed by atoms with Gasteiger partial charge in [-0.2, -0.15) is 0 Å². The summed E-state index contributed by atoms with van der Waals surface area (Å²) in [6, 6.07) is 7.05. The second-order valence-corrected chi connectivity index (χ2v) is 4.40. The fourth-order valence-electron chi connectivity index (χ4n) is 1.52. The topological polar surface area (TPSA) is 52.6 Å². The molecule has 4 heteroatoms. The number of carbonyl (C=O) groups excluding carboxylic acids is 2. The van der Waals surface area contributed by atoms with Gasteiger partial charge in [0.15, 0.2) is 0 Å². The Balaban J connectivity index is 2.78. The van der Waals surface area contributed by atoms with Crippen LogP contribution in [0.4, 0.5) is 0 Å². The molecule has 0 spiro atoms. The average Bonchev–Trinajstić information content (AvgIpc) is 2.52. The lowest BCUT2D eigenvalue weighted by atomic mass is 10.1. The molecular weight excluding hydrogens is 280 g/mol. The number of benzene rings is 1. The molecule has 0 radical (unpaired) electrons. The maximum absolute atomic E-state index is 11.1. The highest BCUT2D eigenvalue weighted by atomic mass is 16.5. The molecule has 0 unspecified atom stereocenters. The van der Waals surface area contributed by atoms with Gasteiger partial charge in [0.25, 0.3) is 0 Å². The Bertz CT molecular complexity index is 634. The first-order valence-electron chi connectivity index (χ1n) is 6.60. The van der Waals surface area contributed by atoms with Gasteiger partial charge in [0.05, 0.1) is 0 Å². The molecule has 0 aliphatic carbocycles. The second-order valence-electron chi connectivity index (χ2n) is 4.40. The van der Waals surface area contributed by atoms with Crippen molar-refractivity contribution in [2.45, 2.75) is 13.8 Å². The molecule has 0 fully saturated rings. The molecule has 0 bridgehead atoms. The normalized spacial score (nSPS) is 11.5. The molecule has 1 aromatic carbocycles. The van der Waals surface area contributed by atoms with E-state index in [1.807, 2.05) is 25.1 Å². The van der Waals surface area contributed by atoms with Crippen LogP contribution in [-0.2, 0) is 14.3 Å². The third kappa shape index (κ3) is 5.63. The molecule has 0 N–H and O–H groups in total. The zero-order valence-corrected chi connectivity index (χ0v) is 12.7. The number of hydrogen-bond donors (Lipinski definition) is 0. The molecule has 0 amide bonds. The van der Waals surface area contributed by atoms with Crippen LogP contribution in [0.15, 0.2) is 67.5 Å². The standard InChI is InChI=1S/C18H18O4/c1-5-17(19)21-14(4)8-7-13(3)15-9-11-16(12-10-15)22-18(20)6-2/h5-12H,1-2H2,3-4H3/b13-7+,14-8+. The lowest BCUT2D eigenvalue weighted by Crippen LogP contribution is -2.02. The molecule has 114 valence electrons. The van der Waals surface area contributed by atoms with Gasteiger partial charge in [0, 0.05) is 12.2 Å². The van der Waals surface area contributed by atoms with E-state index in [-0.39, 0.29) is 0 Å². The largest absolute Gasteiger partial charge is 0.428 e. The predicted octanol–water partition coefficient (Wildman–Crippen LogP) is 3.81. The summed E-state index contributed by atoms with van der Waals surface area (Å²) >= 11 is 0. The number of esters is 2. The SMILES string of the molecule is C=CC(=O)O/C(C)=C/C=C(\C)c1ccc(OC(=O)C=C)cc1. The van der Waals surface area contributed by atoms with Crippen LogP contribution >= 0.6 is 0 Å². The summed E-state index contributed by atoms with van der Waals surface area (Å²) in [5.74, 6) is -0.0651. The lowest BCUT2D eigenvalue weighted by molar-refractivity contribution is -0.133. The van der Waals surface area contributed by atoms with Crippen LogP contribution in [0.25, 0.3) is 5.57 Å². The molecule has 0 aromatic heterocycles. The van der Waals surface area contributed by atoms with Crippen LogP contribution in [-0.4, -0.2) is 11.9 Å². The number of ether oxygens (including phenoxy) is 2. The Morgan fingerprint density at radius 2 is 1.55 bits per heavy atom. The summed E-state index contributed by atoms with van der Waals surface area (Å²) in [6.07, 6.45) is 5.74. The predicted molar refractivity (Wildman–Crippen MR) is 86.0 cm³/mol. The van der Waals surface area contributed by atoms with E-state index in [2.05, 4.69) is 13.2 Å². The summed E-state index contributed by atoms with van der Waals surface area (Å²) in [6.45, 7) is 10.3. The van der Waals surface area contributed by atoms with Gasteiger partial charge in [-0.3, -0.25) is 0 Å². The Kier molecular flexibility index (Phi) is 6.57. The van der Waals surface area contributed by atoms with Crippen molar-refractivity contribution in [1.29, 1.82) is 0 Å². The van der Waals surface area contributed by atoms with Gasteiger partial charge in [0.2, 0.25) is 0 Å². The summed E-state index contributed by atoms with van der Waals surface area (Å²) < 4.78 is 9.95. The average molecular weight is 298 g/mol. The number of carbonyl (C=O) groups is 2. The van der Waals surface area contributed by atoms with Gasteiger partial charge in [-0.15, -0.1) is 0 Å². The number of rotatable bonds is 6. The maximum Gasteiger partial charge on any atom is 0.335 e. The highest BCUT2D eigenvalue weighted by molar-refractivity contribution is 5.83. The highest BCUT2D eigenvalue weighted by Gasteiger charge is 2.01. The van der Waals surface area contributed by atoms with Gasteiger partial charge in [-0.25, -0.2) is 9.59 Å². The summed E-state index contributed by atoms with van der Waals surface area (Å²) in [5, 5.41) is 0. The van der Waals surface area contributed by atoms with E-state index in [1.54, 1.807) is 25.1 Å². The number of allylic oxidation sites excluding steroid dienone is 4. The Hall–Kier alpha value is -2.88. The Morgan fingerprint density at radius 1 is 0.955 bits per heavy atom. The van der Waals surface area contributed by atoms with Crippen molar-refractivity contribution in [3.63, 3.8) is 0 Å². The van der Waals surface area contributed by atoms with Gasteiger partial charge < -0.3 is 9.47 Å². The third-order valence-electron chi connectivity index (χ3n) is 2.69. The van der Waals surface area contributed by atoms with Crippen LogP contribution in [0.1, 0.15) is 19.4 Å². The zero-order chi connectivity index (χ0) is 16.5. The first kappa shape index (κ1) is 17.2. The van der Waals surface area contributed by atoms with Crippen LogP contribution < -0.4 is 4.74 Å². The van der Waals surface area contributed by atoms with E-state index in [9.17, 15) is 9.59 Å². The second kappa shape index (κ2) is 8.42. The fraction of sp³-hybridized carbons (Fsp3) is 0.111. The smallest absolute Gasteiger partial charge is 0.335 e. The molecule has 0 saturated carbocycles. The molecule has 0 aliphatic heterocycles. The quantitative estimate of drug-likeness (QED) is 0.263. The summed E-state index contributed by atoms with van der Waals surface area (Å²) in [4.78, 5) is 22.1. The number of hydrogen-bond acceptors (Lipinski definition) is 4. The van der Waals surface area contributed by atoms with Crippen molar-refractivity contribution >= 4 is 17.5 Å². The van der Waals surface area contributed by atoms with Crippen molar-refractivity contribution < 1.29 is 19.1 Å². The Labute approximate surface area is 130 Å². The van der Waals surface area contributed by atoms with Crippen molar-refractivity contribution in [1.82, 2.24) is 0 Å². The molecule has 22 heavy (non-hydrogen) atoms. The molecule has 0 aliphatic rings. The monoisotopic (exact) mass is 298 g/mol. The lowest BCUT2D eigenvalue weighted by Gasteiger charge is -2.04. The van der Waals surface area contributed by atoms with Crippen molar-refractivity contribution in [2.75, 3.05) is 0 Å². The molecule has 4 nitrogen and oxygen atoms in total. The van der Waals surface area contributed by atoms with Crippen molar-refractivity contribution in [3.8, 4) is 5.75 Å². The van der Waals surface area contributed by atoms with E-state index in [4.69, 9.17) is 9.47 Å². The van der Waals surface area contributed by atoms with Gasteiger partial charge >= 0.3 is 11.9 Å². The maximum atomic E-state index is 11.1. The zero-order valence-electron chi connectivity index (χ0n) is 12.7. The van der Waals surface area contributed by atoms with Crippen molar-refractivity contribution in [3.05, 3.63) is 73.1 Å². The van der Waals surface area contributed by atoms with Crippen LogP contribution in [0.3, 0.4) is 0 Å². The highest BCUT2D eigenvalue weighted by Crippen LogP contribution is 2.19. The molecular formula is C18H18O4. The first-order valence-corrected chi connectivity index (χ1v) is 6.60. The first-order chi connectivity index (χ1) is 10.5. The fourth-order valence-corrected chi connectivity index (χ4v) is 1.52. The van der Waals surface area contributed by atoms with Gasteiger partial charge in [-0.05, 0) is 43.2 Å². The molecule has 1 aromatic rings. The third-order valence-corrected chi connectivity index (χ3v) is 2.69. The van der Waals surface area contributed by atoms with Crippen LogP contribution in [0.5, 0.6) is 5.75 Å². The summed E-state index contributed by atoms with van der Waals surface area (Å²) in [5.41, 5.74) is 1.92. The summed E-state index contributed by atoms with van der Waals surface area (Å²) in [7, 11) is 0. The molecule has 0 saturated heterocycles. The molecule has 0 atom stereocenters. The van der Waals surface area contributed by atoms with E-state index >= 15 is 0 Å². The van der Waals surface area contributed by atoms with Crippen molar-refractivity contribution in [2.24, 2.45) is 0 Å². The minimum atomic E-state index is -0.498. The van der Waals surface area contributed by atoms with E-state index in [0.29, 0.717) is 11.5 Å². The Morgan fingerprint density at radius 3 is 2.09 bits per heavy atom. The minimum absolute atomic E-state index is 0.452. The van der Waals surface area contributed by atoms with E-state index in [1.165, 1.54) is 0 Å². The molecule has 1 rings (SSSR count). The van der Waals surface area contributed by atoms with Gasteiger partial charge in [-0.1, -0.05) is 31.4 Å². The van der Waals surface area contributed by atoms with Gasteiger partial charge in [0.1, 0.15) is 11.5 Å². The minimum Gasteiger partial charge on any atom is -0.428 e. The molecule has 0 heterocycles. The van der Waals surface area contributed by atoms with Crippen LogP contribution in [0.2, 0.25) is 0 Å². The van der Waals surface area contributed by atoms with E-state index < -0.39 is 11.9 Å².